The molecule has 0 unspecified atom stereocenters. The SMILES string of the molecule is NNC(=O)c1ccc2nc(-c3cccc(F)c3)sc2c1. The number of thiazole rings is 1. The summed E-state index contributed by atoms with van der Waals surface area (Å²) in [6.07, 6.45) is 0. The third kappa shape index (κ3) is 2.26. The Bertz CT molecular complexity index is 800. The van der Waals surface area contributed by atoms with Gasteiger partial charge in [-0.1, -0.05) is 12.1 Å². The van der Waals surface area contributed by atoms with Crippen LogP contribution in [0.4, 0.5) is 4.39 Å². The largest absolute Gasteiger partial charge is 0.290 e. The van der Waals surface area contributed by atoms with Crippen LogP contribution in [0.3, 0.4) is 0 Å². The zero-order chi connectivity index (χ0) is 14.1. The van der Waals surface area contributed by atoms with Crippen LogP contribution in [-0.2, 0) is 0 Å². The van der Waals surface area contributed by atoms with Gasteiger partial charge in [-0.3, -0.25) is 10.2 Å². The topological polar surface area (TPSA) is 68.0 Å². The third-order valence-corrected chi connectivity index (χ3v) is 3.92. The first-order valence-electron chi connectivity index (χ1n) is 5.85. The number of benzene rings is 2. The van der Waals surface area contributed by atoms with Crippen molar-refractivity contribution in [3.63, 3.8) is 0 Å². The van der Waals surface area contributed by atoms with Crippen LogP contribution >= 0.6 is 11.3 Å². The maximum atomic E-state index is 13.2. The van der Waals surface area contributed by atoms with Crippen molar-refractivity contribution in [3.05, 3.63) is 53.8 Å². The number of carbonyl (C=O) groups is 1. The average Bonchev–Trinajstić information content (AvgIpc) is 2.89. The molecule has 100 valence electrons. The second kappa shape index (κ2) is 4.99. The summed E-state index contributed by atoms with van der Waals surface area (Å²) in [5.41, 5.74) is 4.04. The molecular formula is C14H10FN3OS. The average molecular weight is 287 g/mol. The van der Waals surface area contributed by atoms with Crippen LogP contribution in [0, 0.1) is 5.82 Å². The molecule has 0 bridgehead atoms. The van der Waals surface area contributed by atoms with Crippen molar-refractivity contribution in [2.45, 2.75) is 0 Å². The molecule has 0 spiro atoms. The highest BCUT2D eigenvalue weighted by atomic mass is 32.1. The fourth-order valence-corrected chi connectivity index (χ4v) is 2.90. The van der Waals surface area contributed by atoms with Crippen molar-refractivity contribution in [2.75, 3.05) is 0 Å². The summed E-state index contributed by atoms with van der Waals surface area (Å²) in [6, 6.07) is 11.4. The monoisotopic (exact) mass is 287 g/mol. The molecule has 20 heavy (non-hydrogen) atoms. The summed E-state index contributed by atoms with van der Waals surface area (Å²) in [4.78, 5) is 15.9. The van der Waals surface area contributed by atoms with E-state index in [1.54, 1.807) is 30.3 Å². The highest BCUT2D eigenvalue weighted by molar-refractivity contribution is 7.21. The van der Waals surface area contributed by atoms with E-state index in [4.69, 9.17) is 5.84 Å². The number of hydrogen-bond donors (Lipinski definition) is 2. The van der Waals surface area contributed by atoms with Gasteiger partial charge in [0.25, 0.3) is 5.91 Å². The number of nitrogen functional groups attached to an aromatic ring is 1. The van der Waals surface area contributed by atoms with E-state index in [0.717, 1.165) is 15.8 Å². The zero-order valence-electron chi connectivity index (χ0n) is 10.3. The molecule has 0 aliphatic heterocycles. The number of hydrogen-bond acceptors (Lipinski definition) is 4. The molecule has 4 nitrogen and oxygen atoms in total. The summed E-state index contributed by atoms with van der Waals surface area (Å²) in [7, 11) is 0. The van der Waals surface area contributed by atoms with Gasteiger partial charge in [-0.25, -0.2) is 15.2 Å². The summed E-state index contributed by atoms with van der Waals surface area (Å²) >= 11 is 1.40. The van der Waals surface area contributed by atoms with Gasteiger partial charge in [0.2, 0.25) is 0 Å². The Morgan fingerprint density at radius 3 is 2.85 bits per heavy atom. The van der Waals surface area contributed by atoms with Crippen molar-refractivity contribution in [1.29, 1.82) is 0 Å². The molecule has 0 atom stereocenters. The van der Waals surface area contributed by atoms with Crippen LogP contribution in [0.2, 0.25) is 0 Å². The number of aromatic nitrogens is 1. The molecule has 0 radical (unpaired) electrons. The van der Waals surface area contributed by atoms with E-state index in [1.807, 2.05) is 0 Å². The molecule has 1 amide bonds. The summed E-state index contributed by atoms with van der Waals surface area (Å²) < 4.78 is 14.1. The maximum absolute atomic E-state index is 13.2. The third-order valence-electron chi connectivity index (χ3n) is 2.85. The summed E-state index contributed by atoms with van der Waals surface area (Å²) in [5, 5.41) is 0.713. The number of hydrazine groups is 1. The zero-order valence-corrected chi connectivity index (χ0v) is 11.1. The standard InChI is InChI=1S/C14H10FN3OS/c15-10-3-1-2-9(6-10)14-17-11-5-4-8(13(19)18-16)7-12(11)20-14/h1-7H,16H2,(H,18,19). The van der Waals surface area contributed by atoms with Crippen LogP contribution in [0.25, 0.3) is 20.8 Å². The maximum Gasteiger partial charge on any atom is 0.265 e. The van der Waals surface area contributed by atoms with Crippen LogP contribution in [0.1, 0.15) is 10.4 Å². The Morgan fingerprint density at radius 1 is 1.25 bits per heavy atom. The van der Waals surface area contributed by atoms with Crippen molar-refractivity contribution in [1.82, 2.24) is 10.4 Å². The van der Waals surface area contributed by atoms with Gasteiger partial charge in [-0.2, -0.15) is 0 Å². The lowest BCUT2D eigenvalue weighted by molar-refractivity contribution is 0.0954. The molecule has 3 rings (SSSR count). The summed E-state index contributed by atoms with van der Waals surface area (Å²) in [6.45, 7) is 0. The molecular weight excluding hydrogens is 277 g/mol. The number of fused-ring (bicyclic) bond motifs is 1. The van der Waals surface area contributed by atoms with Crippen molar-refractivity contribution < 1.29 is 9.18 Å². The van der Waals surface area contributed by atoms with E-state index < -0.39 is 0 Å². The normalized spacial score (nSPS) is 10.7. The minimum absolute atomic E-state index is 0.301. The fraction of sp³-hybridized carbons (Fsp3) is 0. The lowest BCUT2D eigenvalue weighted by Gasteiger charge is -1.97. The van der Waals surface area contributed by atoms with E-state index >= 15 is 0 Å². The molecule has 3 N–H and O–H groups in total. The smallest absolute Gasteiger partial charge is 0.265 e. The van der Waals surface area contributed by atoms with E-state index in [-0.39, 0.29) is 11.7 Å². The molecule has 0 fully saturated rings. The molecule has 0 saturated heterocycles. The molecule has 1 aromatic heterocycles. The van der Waals surface area contributed by atoms with Gasteiger partial charge in [-0.15, -0.1) is 11.3 Å². The van der Waals surface area contributed by atoms with Gasteiger partial charge >= 0.3 is 0 Å². The van der Waals surface area contributed by atoms with Crippen molar-refractivity contribution >= 4 is 27.5 Å². The molecule has 0 aliphatic rings. The van der Waals surface area contributed by atoms with Gasteiger partial charge in [0.15, 0.2) is 0 Å². The predicted octanol–water partition coefficient (Wildman–Crippen LogP) is 2.71. The number of nitrogens with one attached hydrogen (secondary N) is 1. The minimum atomic E-state index is -0.354. The number of nitrogens with zero attached hydrogens (tertiary/aromatic N) is 1. The number of carbonyl (C=O) groups excluding carboxylic acids is 1. The Morgan fingerprint density at radius 2 is 2.10 bits per heavy atom. The van der Waals surface area contributed by atoms with Crippen LogP contribution in [0.15, 0.2) is 42.5 Å². The molecule has 6 heteroatoms. The van der Waals surface area contributed by atoms with E-state index in [2.05, 4.69) is 10.4 Å². The van der Waals surface area contributed by atoms with Gasteiger partial charge in [0, 0.05) is 11.1 Å². The minimum Gasteiger partial charge on any atom is -0.290 e. The van der Waals surface area contributed by atoms with Gasteiger partial charge in [-0.05, 0) is 30.3 Å². The first-order chi connectivity index (χ1) is 9.67. The first-order valence-corrected chi connectivity index (χ1v) is 6.66. The van der Waals surface area contributed by atoms with E-state index in [0.29, 0.717) is 10.6 Å². The molecule has 0 saturated carbocycles. The number of nitrogens with two attached hydrogens (primary N) is 1. The Labute approximate surface area is 118 Å². The molecule has 3 aromatic rings. The second-order valence-electron chi connectivity index (χ2n) is 4.19. The Hall–Kier alpha value is -2.31. The lowest BCUT2D eigenvalue weighted by Crippen LogP contribution is -2.29. The highest BCUT2D eigenvalue weighted by Gasteiger charge is 2.10. The van der Waals surface area contributed by atoms with Crippen LogP contribution in [-0.4, -0.2) is 10.9 Å². The van der Waals surface area contributed by atoms with E-state index in [1.165, 1.54) is 23.5 Å². The number of halogens is 1. The fourth-order valence-electron chi connectivity index (χ4n) is 1.89. The Kier molecular flexibility index (Phi) is 3.17. The molecule has 0 aliphatic carbocycles. The molecule has 2 aromatic carbocycles. The molecule has 1 heterocycles. The lowest BCUT2D eigenvalue weighted by atomic mass is 10.2. The van der Waals surface area contributed by atoms with Crippen molar-refractivity contribution in [2.24, 2.45) is 5.84 Å². The van der Waals surface area contributed by atoms with Gasteiger partial charge < -0.3 is 0 Å². The second-order valence-corrected chi connectivity index (χ2v) is 5.22. The van der Waals surface area contributed by atoms with Crippen LogP contribution in [0.5, 0.6) is 0 Å². The first kappa shape index (κ1) is 12.7. The Balaban J connectivity index is 2.09. The number of rotatable bonds is 2. The van der Waals surface area contributed by atoms with Crippen molar-refractivity contribution in [3.8, 4) is 10.6 Å². The predicted molar refractivity (Wildman–Crippen MR) is 76.7 cm³/mol. The quantitative estimate of drug-likeness (QED) is 0.432. The van der Waals surface area contributed by atoms with Gasteiger partial charge in [0.1, 0.15) is 10.8 Å². The van der Waals surface area contributed by atoms with Gasteiger partial charge in [0.05, 0.1) is 10.2 Å². The number of amides is 1. The van der Waals surface area contributed by atoms with E-state index in [9.17, 15) is 9.18 Å². The van der Waals surface area contributed by atoms with Crippen LogP contribution < -0.4 is 11.3 Å². The highest BCUT2D eigenvalue weighted by Crippen LogP contribution is 2.30. The summed E-state index contributed by atoms with van der Waals surface area (Å²) in [5.74, 6) is 4.45.